The molecule has 0 fully saturated rings. The summed E-state index contributed by atoms with van der Waals surface area (Å²) >= 11 is 0. The number of aliphatic imine (C=N–C) groups is 1. The predicted octanol–water partition coefficient (Wildman–Crippen LogP) is -1.69. The molecule has 1 atom stereocenters. The van der Waals surface area contributed by atoms with Gasteiger partial charge < -0.3 is 14.6 Å². The second-order valence-electron chi connectivity index (χ2n) is 5.34. The van der Waals surface area contributed by atoms with E-state index in [4.69, 9.17) is 4.74 Å². The maximum absolute atomic E-state index is 11.7. The largest absolute Gasteiger partial charge is 1.00 e. The molecule has 1 rings (SSSR count). The molecule has 0 aliphatic heterocycles. The van der Waals surface area contributed by atoms with Crippen LogP contribution < -0.4 is 34.7 Å². The fourth-order valence-electron chi connectivity index (χ4n) is 1.57. The summed E-state index contributed by atoms with van der Waals surface area (Å²) in [5, 5.41) is 11.7. The van der Waals surface area contributed by atoms with Crippen molar-refractivity contribution in [2.75, 3.05) is 7.11 Å². The molecule has 0 aromatic heterocycles. The topological polar surface area (TPSA) is 71.0 Å². The first-order valence-corrected chi connectivity index (χ1v) is 6.37. The van der Waals surface area contributed by atoms with Crippen LogP contribution in [0.3, 0.4) is 0 Å². The number of esters is 1. The molecule has 110 valence electrons. The maximum Gasteiger partial charge on any atom is 1.00 e. The maximum atomic E-state index is 11.7. The molecule has 21 heavy (non-hydrogen) atoms. The van der Waals surface area contributed by atoms with Crippen LogP contribution >= 0.6 is 0 Å². The zero-order valence-electron chi connectivity index (χ0n) is 13.3. The molecule has 0 aliphatic rings. The van der Waals surface area contributed by atoms with Crippen LogP contribution in [0, 0.1) is 0 Å². The third kappa shape index (κ3) is 8.09. The second kappa shape index (κ2) is 9.07. The molecular weight excluding hydrogens is 281 g/mol. The SMILES string of the molecule is COC(=O)[C@H](Cc1ccccc1)N=C([O-])OC(C)(C)C.[Na+]. The van der Waals surface area contributed by atoms with Gasteiger partial charge in [0.25, 0.3) is 0 Å². The fraction of sp³-hybridized carbons (Fsp3) is 0.467. The van der Waals surface area contributed by atoms with Gasteiger partial charge in [0.1, 0.15) is 6.08 Å². The van der Waals surface area contributed by atoms with Crippen molar-refractivity contribution in [1.82, 2.24) is 0 Å². The molecule has 1 aromatic carbocycles. The zero-order valence-corrected chi connectivity index (χ0v) is 15.3. The van der Waals surface area contributed by atoms with Crippen molar-refractivity contribution in [3.8, 4) is 0 Å². The van der Waals surface area contributed by atoms with Crippen molar-refractivity contribution in [1.29, 1.82) is 0 Å². The van der Waals surface area contributed by atoms with E-state index in [-0.39, 0.29) is 29.6 Å². The number of methoxy groups -OCH3 is 1. The third-order valence-corrected chi connectivity index (χ3v) is 2.40. The minimum atomic E-state index is -0.891. The van der Waals surface area contributed by atoms with Gasteiger partial charge in [-0.2, -0.15) is 0 Å². The van der Waals surface area contributed by atoms with E-state index in [0.717, 1.165) is 5.56 Å². The molecule has 0 amide bonds. The van der Waals surface area contributed by atoms with Gasteiger partial charge in [0.15, 0.2) is 6.04 Å². The monoisotopic (exact) mass is 301 g/mol. The van der Waals surface area contributed by atoms with Crippen molar-refractivity contribution in [2.24, 2.45) is 4.99 Å². The van der Waals surface area contributed by atoms with E-state index in [2.05, 4.69) is 9.73 Å². The van der Waals surface area contributed by atoms with E-state index < -0.39 is 23.7 Å². The van der Waals surface area contributed by atoms with E-state index in [1.807, 2.05) is 30.3 Å². The summed E-state index contributed by atoms with van der Waals surface area (Å²) in [4.78, 5) is 15.5. The first-order chi connectivity index (χ1) is 9.31. The van der Waals surface area contributed by atoms with Crippen LogP contribution in [0.4, 0.5) is 0 Å². The van der Waals surface area contributed by atoms with E-state index in [1.54, 1.807) is 20.8 Å². The summed E-state index contributed by atoms with van der Waals surface area (Å²) in [6, 6.07) is 8.43. The summed E-state index contributed by atoms with van der Waals surface area (Å²) < 4.78 is 9.76. The van der Waals surface area contributed by atoms with Crippen LogP contribution in [0.2, 0.25) is 0 Å². The molecule has 0 saturated carbocycles. The fourth-order valence-corrected chi connectivity index (χ4v) is 1.57. The number of hydrogen-bond donors (Lipinski definition) is 0. The summed E-state index contributed by atoms with van der Waals surface area (Å²) in [5.74, 6) is -0.556. The van der Waals surface area contributed by atoms with E-state index in [0.29, 0.717) is 6.42 Å². The molecule has 0 N–H and O–H groups in total. The first-order valence-electron chi connectivity index (χ1n) is 6.37. The van der Waals surface area contributed by atoms with E-state index in [9.17, 15) is 9.90 Å². The number of ether oxygens (including phenoxy) is 2. The number of hydrogen-bond acceptors (Lipinski definition) is 5. The standard InChI is InChI=1S/C15H21NO4.Na/c1-15(2,3)20-14(18)16-12(13(17)19-4)10-11-8-6-5-7-9-11;/h5-9,12H,10H2,1-4H3,(H,16,18);/q;+1/p-1/t12-;/m0./s1. The van der Waals surface area contributed by atoms with E-state index >= 15 is 0 Å². The van der Waals surface area contributed by atoms with Crippen molar-refractivity contribution in [2.45, 2.75) is 38.8 Å². The molecule has 6 heteroatoms. The molecule has 0 radical (unpaired) electrons. The van der Waals surface area contributed by atoms with Crippen LogP contribution in [0.25, 0.3) is 0 Å². The number of carbonyl (C=O) groups excluding carboxylic acids is 1. The van der Waals surface area contributed by atoms with Crippen LogP contribution in [0.5, 0.6) is 0 Å². The van der Waals surface area contributed by atoms with Crippen LogP contribution in [0.15, 0.2) is 35.3 Å². The van der Waals surface area contributed by atoms with Gasteiger partial charge in [-0.3, -0.25) is 4.99 Å². The Labute approximate surface area is 147 Å². The zero-order chi connectivity index (χ0) is 15.2. The minimum absolute atomic E-state index is 0. The predicted molar refractivity (Wildman–Crippen MR) is 74.2 cm³/mol. The van der Waals surface area contributed by atoms with Crippen LogP contribution in [0.1, 0.15) is 26.3 Å². The Balaban J connectivity index is 0.00000400. The number of carbonyl (C=O) groups is 1. The smallest absolute Gasteiger partial charge is 0.595 e. The van der Waals surface area contributed by atoms with Crippen molar-refractivity contribution in [3.05, 3.63) is 35.9 Å². The second-order valence-corrected chi connectivity index (χ2v) is 5.34. The number of benzene rings is 1. The van der Waals surface area contributed by atoms with Crippen LogP contribution in [-0.4, -0.2) is 30.8 Å². The van der Waals surface area contributed by atoms with Gasteiger partial charge in [0, 0.05) is 12.0 Å². The molecule has 0 spiro atoms. The summed E-state index contributed by atoms with van der Waals surface area (Å²) in [6.45, 7) is 5.22. The number of rotatable bonds is 4. The number of nitrogens with zero attached hydrogens (tertiary/aromatic N) is 1. The normalized spacial score (nSPS) is 13.0. The quantitative estimate of drug-likeness (QED) is 0.288. The summed E-state index contributed by atoms with van der Waals surface area (Å²) in [6.07, 6.45) is -0.462. The minimum Gasteiger partial charge on any atom is -0.595 e. The molecule has 0 saturated heterocycles. The average molecular weight is 301 g/mol. The van der Waals surface area contributed by atoms with E-state index in [1.165, 1.54) is 7.11 Å². The average Bonchev–Trinajstić information content (AvgIpc) is 2.36. The Kier molecular flexibility index (Phi) is 8.63. The Morgan fingerprint density at radius 1 is 1.29 bits per heavy atom. The summed E-state index contributed by atoms with van der Waals surface area (Å²) in [7, 11) is 1.27. The summed E-state index contributed by atoms with van der Waals surface area (Å²) in [5.41, 5.74) is 0.253. The van der Waals surface area contributed by atoms with Crippen LogP contribution in [-0.2, 0) is 20.7 Å². The van der Waals surface area contributed by atoms with Gasteiger partial charge in [0.2, 0.25) is 0 Å². The van der Waals surface area contributed by atoms with Gasteiger partial charge in [-0.15, -0.1) is 0 Å². The van der Waals surface area contributed by atoms with Crippen molar-refractivity contribution >= 4 is 12.1 Å². The van der Waals surface area contributed by atoms with Crippen molar-refractivity contribution < 1.29 is 48.9 Å². The third-order valence-electron chi connectivity index (χ3n) is 2.40. The van der Waals surface area contributed by atoms with Gasteiger partial charge in [-0.25, -0.2) is 4.79 Å². The first kappa shape index (κ1) is 20.0. The van der Waals surface area contributed by atoms with Gasteiger partial charge in [-0.1, -0.05) is 51.1 Å². The Morgan fingerprint density at radius 3 is 2.33 bits per heavy atom. The Bertz CT molecular complexity index is 468. The van der Waals surface area contributed by atoms with Gasteiger partial charge in [0.05, 0.1) is 7.11 Å². The van der Waals surface area contributed by atoms with Crippen molar-refractivity contribution in [3.63, 3.8) is 0 Å². The molecule has 0 heterocycles. The molecule has 0 aliphatic carbocycles. The Morgan fingerprint density at radius 2 is 1.86 bits per heavy atom. The van der Waals surface area contributed by atoms with Gasteiger partial charge in [-0.05, 0) is 5.56 Å². The Hall–Kier alpha value is -1.04. The van der Waals surface area contributed by atoms with Gasteiger partial charge >= 0.3 is 35.5 Å². The molecule has 1 aromatic rings. The molecule has 0 unspecified atom stereocenters. The molecule has 0 bridgehead atoms. The molecular formula is C15H20NNaO4. The molecule has 5 nitrogen and oxygen atoms in total.